The molecule has 1 atom stereocenters. The molecule has 11 heteroatoms. The second-order valence-electron chi connectivity index (χ2n) is 34.5. The summed E-state index contributed by atoms with van der Waals surface area (Å²) < 4.78 is 21.6. The van der Waals surface area contributed by atoms with E-state index in [1.165, 1.54) is 180 Å². The normalized spacial score (nSPS) is 29.4. The van der Waals surface area contributed by atoms with Crippen molar-refractivity contribution in [2.24, 2.45) is 37.9 Å². The SMILES string of the molecule is C1CC2(CC2)CN1.CC(C)(C)C.CC(C)(C)N1CC2(COC2)C1.CC(C)(C)N1CCC2(CC1)COC2.CC(C)(C)N1CCC2(CCOC2)CC1.CC(C)(C)N1CCC2(CCSC2)CC1.CC(C)(C)N1CCCC2(CCOC2)C1. The van der Waals surface area contributed by atoms with Gasteiger partial charge in [-0.05, 0) is 279 Å². The van der Waals surface area contributed by atoms with Gasteiger partial charge >= 0.3 is 0 Å². The molecule has 0 aromatic carbocycles. The molecule has 11 aliphatic heterocycles. The van der Waals surface area contributed by atoms with Crippen LogP contribution in [-0.4, -0.2) is 195 Å². The maximum absolute atomic E-state index is 5.57. The van der Waals surface area contributed by atoms with Gasteiger partial charge in [0.25, 0.3) is 0 Å². The summed E-state index contributed by atoms with van der Waals surface area (Å²) in [5.74, 6) is 2.85. The van der Waals surface area contributed by atoms with E-state index in [1.54, 1.807) is 0 Å². The molecule has 1 saturated carbocycles. The second kappa shape index (κ2) is 26.7. The van der Waals surface area contributed by atoms with Crippen LogP contribution in [0.4, 0.5) is 0 Å². The van der Waals surface area contributed by atoms with E-state index in [9.17, 15) is 0 Å². The molecule has 10 nitrogen and oxygen atoms in total. The Morgan fingerprint density at radius 2 is 0.718 bits per heavy atom. The predicted octanol–water partition coefficient (Wildman–Crippen LogP) is 13.4. The zero-order chi connectivity index (χ0) is 57.6. The van der Waals surface area contributed by atoms with Crippen molar-refractivity contribution in [3.05, 3.63) is 0 Å². The van der Waals surface area contributed by atoms with Crippen molar-refractivity contribution in [1.29, 1.82) is 0 Å². The molecule has 0 aromatic heterocycles. The summed E-state index contributed by atoms with van der Waals surface area (Å²) in [7, 11) is 0. The molecule has 78 heavy (non-hydrogen) atoms. The van der Waals surface area contributed by atoms with Gasteiger partial charge in [-0.15, -0.1) is 0 Å². The predicted molar refractivity (Wildman–Crippen MR) is 334 cm³/mol. The first kappa shape index (κ1) is 67.1. The Morgan fingerprint density at radius 3 is 1.03 bits per heavy atom. The molecule has 6 spiro atoms. The van der Waals surface area contributed by atoms with Gasteiger partial charge in [0, 0.05) is 83.3 Å². The molecule has 0 bridgehead atoms. The first-order valence-corrected chi connectivity index (χ1v) is 33.5. The lowest BCUT2D eigenvalue weighted by molar-refractivity contribution is -0.207. The van der Waals surface area contributed by atoms with Crippen LogP contribution in [0, 0.1) is 37.9 Å². The van der Waals surface area contributed by atoms with E-state index in [2.05, 4.69) is 173 Å². The molecule has 0 aromatic rings. The average Bonchev–Trinajstić information content (AvgIpc) is 3.79. The first-order chi connectivity index (χ1) is 36.0. The number of nitrogens with one attached hydrogen (secondary N) is 1. The lowest BCUT2D eigenvalue weighted by atomic mass is 9.75. The third kappa shape index (κ3) is 20.3. The standard InChI is InChI=1S/2C12H23NO.C12H23NS.C11H21NO.C9H17NO.C6H11N.C5H12/c1-11(2,3)13-7-4-12(5-8-13)6-9-14-10-12;1-11(2,3)13-7-4-5-12(9-13)6-8-14-10-12;1-11(2,3)13-7-4-12(5-8-13)6-9-14-10-12;1-10(2,3)12-6-4-11(5-7-12)8-13-9-11;1-8(2,3)10-4-9(5-10)6-11-7-9;1-2-6(1)3-4-7-5-6;1-5(2,3)4/h3*4-10H2,1-3H3;4-9H2,1-3H3;4-7H2,1-3H3;7H,1-5H2;1-4H3. The van der Waals surface area contributed by atoms with Gasteiger partial charge in [0.05, 0.1) is 39.6 Å². The van der Waals surface area contributed by atoms with Crippen LogP contribution in [0.1, 0.15) is 221 Å². The Hall–Kier alpha value is -0.0500. The number of rotatable bonds is 0. The van der Waals surface area contributed by atoms with Crippen LogP contribution < -0.4 is 5.32 Å². The third-order valence-corrected chi connectivity index (χ3v) is 21.7. The number of hydrogen-bond donors (Lipinski definition) is 1. The van der Waals surface area contributed by atoms with Crippen LogP contribution in [0.3, 0.4) is 0 Å². The Morgan fingerprint density at radius 1 is 0.333 bits per heavy atom. The van der Waals surface area contributed by atoms with E-state index in [0.717, 1.165) is 63.7 Å². The number of thioether (sulfide) groups is 1. The van der Waals surface area contributed by atoms with Gasteiger partial charge in [0.1, 0.15) is 0 Å². The van der Waals surface area contributed by atoms with E-state index >= 15 is 0 Å². The van der Waals surface area contributed by atoms with Crippen LogP contribution in [0.25, 0.3) is 0 Å². The Balaban J connectivity index is 0.000000150. The van der Waals surface area contributed by atoms with E-state index in [4.69, 9.17) is 18.9 Å². The highest BCUT2D eigenvalue weighted by Crippen LogP contribution is 2.50. The largest absolute Gasteiger partial charge is 0.381 e. The minimum atomic E-state index is 0.329. The van der Waals surface area contributed by atoms with Crippen molar-refractivity contribution in [2.75, 3.05) is 143 Å². The van der Waals surface area contributed by atoms with Gasteiger partial charge in [-0.1, -0.05) is 27.7 Å². The molecular weight excluding hydrogens is 985 g/mol. The summed E-state index contributed by atoms with van der Waals surface area (Å²) in [6.45, 7) is 66.7. The maximum Gasteiger partial charge on any atom is 0.0569 e. The molecule has 12 aliphatic rings. The first-order valence-electron chi connectivity index (χ1n) is 32.4. The fourth-order valence-corrected chi connectivity index (χ4v) is 15.3. The van der Waals surface area contributed by atoms with Gasteiger partial charge in [-0.2, -0.15) is 11.8 Å². The molecule has 0 radical (unpaired) electrons. The van der Waals surface area contributed by atoms with Crippen molar-refractivity contribution in [2.45, 2.75) is 249 Å². The summed E-state index contributed by atoms with van der Waals surface area (Å²) in [5.41, 5.74) is 6.08. The lowest BCUT2D eigenvalue weighted by Crippen LogP contribution is -2.69. The quantitative estimate of drug-likeness (QED) is 0.252. The molecule has 11 heterocycles. The zero-order valence-electron chi connectivity index (χ0n) is 55.2. The van der Waals surface area contributed by atoms with E-state index in [-0.39, 0.29) is 0 Å². The Kier molecular flexibility index (Phi) is 23.0. The summed E-state index contributed by atoms with van der Waals surface area (Å²) in [4.78, 5) is 13.0. The molecule has 11 saturated heterocycles. The molecule has 12 rings (SSSR count). The van der Waals surface area contributed by atoms with E-state index in [1.807, 2.05) is 0 Å². The highest BCUT2D eigenvalue weighted by atomic mass is 32.2. The summed E-state index contributed by atoms with van der Waals surface area (Å²) in [6.07, 6.45) is 19.5. The molecule has 1 N–H and O–H groups in total. The van der Waals surface area contributed by atoms with E-state index in [0.29, 0.717) is 54.8 Å². The fraction of sp³-hybridized carbons (Fsp3) is 1.00. The minimum absolute atomic E-state index is 0.329. The molecule has 1 unspecified atom stereocenters. The lowest BCUT2D eigenvalue weighted by Gasteiger charge is -2.59. The molecule has 458 valence electrons. The van der Waals surface area contributed by atoms with Crippen LogP contribution in [0.15, 0.2) is 0 Å². The Bertz CT molecular complexity index is 1670. The van der Waals surface area contributed by atoms with Gasteiger partial charge in [-0.3, -0.25) is 24.5 Å². The summed E-state index contributed by atoms with van der Waals surface area (Å²) >= 11 is 2.17. The molecule has 12 fully saturated rings. The van der Waals surface area contributed by atoms with Crippen LogP contribution in [-0.2, 0) is 18.9 Å². The molecule has 0 amide bonds. The topological polar surface area (TPSA) is 65.2 Å². The maximum atomic E-state index is 5.57. The highest BCUT2D eigenvalue weighted by molar-refractivity contribution is 7.99. The van der Waals surface area contributed by atoms with Gasteiger partial charge in [0.15, 0.2) is 0 Å². The van der Waals surface area contributed by atoms with Crippen LogP contribution in [0.2, 0.25) is 0 Å². The average molecular weight is 1120 g/mol. The number of ether oxygens (including phenoxy) is 4. The van der Waals surface area contributed by atoms with Crippen molar-refractivity contribution in [3.8, 4) is 0 Å². The second-order valence-corrected chi connectivity index (χ2v) is 35.6. The number of nitrogens with zero attached hydrogens (tertiary/aromatic N) is 5. The highest BCUT2D eigenvalue weighted by Gasteiger charge is 2.52. The fourth-order valence-electron chi connectivity index (χ4n) is 13.7. The zero-order valence-corrected chi connectivity index (χ0v) is 56.0. The number of piperidine rings is 4. The monoisotopic (exact) mass is 1110 g/mol. The van der Waals surface area contributed by atoms with Crippen molar-refractivity contribution in [1.82, 2.24) is 29.8 Å². The smallest absolute Gasteiger partial charge is 0.0569 e. The summed E-state index contributed by atoms with van der Waals surface area (Å²) in [5, 5.41) is 3.38. The number of likely N-dealkylation sites (tertiary alicyclic amines) is 5. The van der Waals surface area contributed by atoms with Gasteiger partial charge in [0.2, 0.25) is 0 Å². The van der Waals surface area contributed by atoms with Crippen molar-refractivity contribution < 1.29 is 18.9 Å². The Labute approximate surface area is 488 Å². The van der Waals surface area contributed by atoms with Crippen molar-refractivity contribution in [3.63, 3.8) is 0 Å². The van der Waals surface area contributed by atoms with Gasteiger partial charge in [-0.25, -0.2) is 0 Å². The van der Waals surface area contributed by atoms with Crippen molar-refractivity contribution >= 4 is 11.8 Å². The van der Waals surface area contributed by atoms with Crippen LogP contribution in [0.5, 0.6) is 0 Å². The molecular formula is C67H130N6O4S. The third-order valence-electron chi connectivity index (χ3n) is 20.4. The van der Waals surface area contributed by atoms with E-state index < -0.39 is 0 Å². The molecule has 1 aliphatic carbocycles. The van der Waals surface area contributed by atoms with Gasteiger partial charge < -0.3 is 24.3 Å². The number of hydrogen-bond acceptors (Lipinski definition) is 11. The minimum Gasteiger partial charge on any atom is -0.381 e. The van der Waals surface area contributed by atoms with Crippen LogP contribution >= 0.6 is 11.8 Å². The summed E-state index contributed by atoms with van der Waals surface area (Å²) in [6, 6.07) is 0.